The lowest BCUT2D eigenvalue weighted by Crippen LogP contribution is -2.47. The number of hydrogen-bond acceptors (Lipinski definition) is 7. The molecule has 5 aromatic rings. The van der Waals surface area contributed by atoms with Crippen molar-refractivity contribution in [3.8, 4) is 11.1 Å². The number of carbonyl (C=O) groups is 2. The van der Waals surface area contributed by atoms with E-state index in [1.54, 1.807) is 0 Å². The van der Waals surface area contributed by atoms with E-state index in [4.69, 9.17) is 14.2 Å². The van der Waals surface area contributed by atoms with Gasteiger partial charge in [-0.2, -0.15) is 0 Å². The van der Waals surface area contributed by atoms with Gasteiger partial charge in [0.05, 0.1) is 25.9 Å². The Morgan fingerprint density at radius 2 is 1.44 bits per heavy atom. The lowest BCUT2D eigenvalue weighted by molar-refractivity contribution is -0.276. The van der Waals surface area contributed by atoms with Crippen LogP contribution in [-0.4, -0.2) is 54.9 Å². The molecule has 1 heterocycles. The smallest absolute Gasteiger partial charge is 0.328 e. The maximum absolute atomic E-state index is 12.9. The number of methoxy groups -OCH3 is 1. The Morgan fingerprint density at radius 1 is 0.782 bits per heavy atom. The Balaban J connectivity index is 1.17. The van der Waals surface area contributed by atoms with Crippen LogP contribution in [0.2, 0.25) is 0 Å². The van der Waals surface area contributed by atoms with Crippen molar-refractivity contribution in [3.05, 3.63) is 167 Å². The molecule has 0 bridgehead atoms. The molecule has 9 heteroatoms. The van der Waals surface area contributed by atoms with Gasteiger partial charge in [-0.3, -0.25) is 4.90 Å². The van der Waals surface area contributed by atoms with Crippen molar-refractivity contribution in [2.24, 2.45) is 5.92 Å². The largest absolute Gasteiger partial charge is 0.467 e. The molecule has 5 aromatic carbocycles. The molecule has 3 N–H and O–H groups in total. The summed E-state index contributed by atoms with van der Waals surface area (Å²) < 4.78 is 18.6. The summed E-state index contributed by atoms with van der Waals surface area (Å²) >= 11 is 0. The number of urea groups is 1. The zero-order valence-electron chi connectivity index (χ0n) is 31.9. The van der Waals surface area contributed by atoms with Gasteiger partial charge in [-0.25, -0.2) is 9.59 Å². The molecular formula is C46H51N3O6. The highest BCUT2D eigenvalue weighted by Crippen LogP contribution is 2.43. The van der Waals surface area contributed by atoms with Gasteiger partial charge in [-0.1, -0.05) is 128 Å². The number of carbonyl (C=O) groups excluding carboxylic acids is 2. The Morgan fingerprint density at radius 3 is 2.13 bits per heavy atom. The highest BCUT2D eigenvalue weighted by molar-refractivity contribution is 5.83. The van der Waals surface area contributed by atoms with Crippen LogP contribution in [0.1, 0.15) is 65.7 Å². The summed E-state index contributed by atoms with van der Waals surface area (Å²) in [5.74, 6) is -0.459. The van der Waals surface area contributed by atoms with Crippen LogP contribution in [0.15, 0.2) is 133 Å². The third kappa shape index (κ3) is 10.3. The van der Waals surface area contributed by atoms with Gasteiger partial charge in [-0.05, 0) is 65.0 Å². The van der Waals surface area contributed by atoms with E-state index < -0.39 is 24.3 Å². The van der Waals surface area contributed by atoms with Gasteiger partial charge in [-0.15, -0.1) is 0 Å². The number of nitrogens with one attached hydrogen (secondary N) is 2. The fourth-order valence-electron chi connectivity index (χ4n) is 7.06. The van der Waals surface area contributed by atoms with Gasteiger partial charge in [0, 0.05) is 37.0 Å². The number of rotatable bonds is 14. The minimum atomic E-state index is -0.819. The Labute approximate surface area is 324 Å². The second kappa shape index (κ2) is 18.8. The van der Waals surface area contributed by atoms with E-state index in [-0.39, 0.29) is 37.3 Å². The minimum absolute atomic E-state index is 0.0141. The molecule has 6 rings (SSSR count). The van der Waals surface area contributed by atoms with Crippen LogP contribution >= 0.6 is 0 Å². The topological polar surface area (TPSA) is 109 Å². The molecule has 1 aliphatic rings. The molecule has 286 valence electrons. The van der Waals surface area contributed by atoms with Crippen LogP contribution in [0.5, 0.6) is 0 Å². The summed E-state index contributed by atoms with van der Waals surface area (Å²) in [7, 11) is 3.45. The van der Waals surface area contributed by atoms with Crippen molar-refractivity contribution < 1.29 is 28.9 Å². The highest BCUT2D eigenvalue weighted by atomic mass is 16.7. The molecule has 0 aliphatic carbocycles. The van der Waals surface area contributed by atoms with E-state index in [9.17, 15) is 14.7 Å². The first-order valence-electron chi connectivity index (χ1n) is 18.8. The van der Waals surface area contributed by atoms with E-state index >= 15 is 0 Å². The lowest BCUT2D eigenvalue weighted by Gasteiger charge is -2.43. The van der Waals surface area contributed by atoms with Crippen molar-refractivity contribution >= 4 is 12.0 Å². The number of ether oxygens (including phenoxy) is 3. The van der Waals surface area contributed by atoms with E-state index in [2.05, 4.69) is 72.8 Å². The van der Waals surface area contributed by atoms with Crippen LogP contribution in [0.25, 0.3) is 11.1 Å². The van der Waals surface area contributed by atoms with Gasteiger partial charge in [0.15, 0.2) is 6.29 Å². The Kier molecular flexibility index (Phi) is 13.5. The predicted octanol–water partition coefficient (Wildman–Crippen LogP) is 7.91. The summed E-state index contributed by atoms with van der Waals surface area (Å²) in [5.41, 5.74) is 7.82. The number of aliphatic hydroxyl groups is 1. The maximum Gasteiger partial charge on any atom is 0.328 e. The summed E-state index contributed by atoms with van der Waals surface area (Å²) in [6.45, 7) is 5.35. The molecular weight excluding hydrogens is 691 g/mol. The summed E-state index contributed by atoms with van der Waals surface area (Å²) in [5, 5.41) is 15.3. The average molecular weight is 742 g/mol. The molecule has 55 heavy (non-hydrogen) atoms. The molecule has 0 unspecified atom stereocenters. The zero-order valence-corrected chi connectivity index (χ0v) is 31.9. The van der Waals surface area contributed by atoms with Crippen molar-refractivity contribution in [1.82, 2.24) is 15.5 Å². The van der Waals surface area contributed by atoms with Crippen molar-refractivity contribution in [1.29, 1.82) is 0 Å². The molecule has 0 saturated carbocycles. The fraction of sp³-hybridized carbons (Fsp3) is 0.304. The quantitative estimate of drug-likeness (QED) is 0.0993. The first kappa shape index (κ1) is 39.4. The van der Waals surface area contributed by atoms with Crippen LogP contribution in [-0.2, 0) is 38.6 Å². The van der Waals surface area contributed by atoms with E-state index in [1.807, 2.05) is 97.1 Å². The number of nitrogens with zero attached hydrogens (tertiary/aromatic N) is 1. The number of aliphatic hydroxyl groups excluding tert-OH is 1. The van der Waals surface area contributed by atoms with E-state index in [0.29, 0.717) is 13.0 Å². The van der Waals surface area contributed by atoms with Gasteiger partial charge >= 0.3 is 12.0 Å². The summed E-state index contributed by atoms with van der Waals surface area (Å²) in [4.78, 5) is 27.7. The third-order valence-corrected chi connectivity index (χ3v) is 10.5. The van der Waals surface area contributed by atoms with Crippen LogP contribution < -0.4 is 10.6 Å². The first-order chi connectivity index (χ1) is 26.7. The zero-order chi connectivity index (χ0) is 38.7. The Bertz CT molecular complexity index is 1990. The van der Waals surface area contributed by atoms with Crippen molar-refractivity contribution in [2.45, 2.75) is 64.0 Å². The normalized spacial score (nSPS) is 19.3. The third-order valence-electron chi connectivity index (χ3n) is 10.5. The van der Waals surface area contributed by atoms with E-state index in [1.165, 1.54) is 12.7 Å². The first-order valence-corrected chi connectivity index (χ1v) is 18.8. The van der Waals surface area contributed by atoms with Crippen LogP contribution in [0, 0.1) is 5.92 Å². The van der Waals surface area contributed by atoms with Crippen LogP contribution in [0.4, 0.5) is 4.79 Å². The maximum atomic E-state index is 12.9. The van der Waals surface area contributed by atoms with Gasteiger partial charge < -0.3 is 30.0 Å². The fourth-order valence-corrected chi connectivity index (χ4v) is 7.06. The molecule has 1 aliphatic heterocycles. The second-order valence-electron chi connectivity index (χ2n) is 14.3. The molecule has 0 spiro atoms. The average Bonchev–Trinajstić information content (AvgIpc) is 3.23. The SMILES string of the molecule is COC(=O)[C@H](Cc1ccccc1)NC(=O)NCc1cccc(-c2cccc([C@@H]3O[C@H](CN(C)[C@@H](C)c4ccccc4)[C@H](C)[C@H](c4ccc(CO)cc4)O3)c2)c1. The second-order valence-corrected chi connectivity index (χ2v) is 14.3. The number of amides is 2. The molecule has 6 atom stereocenters. The predicted molar refractivity (Wildman–Crippen MR) is 214 cm³/mol. The molecule has 1 saturated heterocycles. The molecule has 1 fully saturated rings. The summed E-state index contributed by atoms with van der Waals surface area (Å²) in [6, 6.07) is 43.1. The molecule has 0 aromatic heterocycles. The monoisotopic (exact) mass is 741 g/mol. The van der Waals surface area contributed by atoms with Crippen molar-refractivity contribution in [2.75, 3.05) is 20.7 Å². The molecule has 9 nitrogen and oxygen atoms in total. The van der Waals surface area contributed by atoms with Gasteiger partial charge in [0.25, 0.3) is 0 Å². The highest BCUT2D eigenvalue weighted by Gasteiger charge is 2.39. The number of benzene rings is 5. The Hall–Kier alpha value is -5.32. The molecule has 2 amide bonds. The van der Waals surface area contributed by atoms with Crippen LogP contribution in [0.3, 0.4) is 0 Å². The van der Waals surface area contributed by atoms with Gasteiger partial charge in [0.1, 0.15) is 6.04 Å². The number of likely N-dealkylation sites (N-methyl/N-ethyl adjacent to an activating group) is 1. The lowest BCUT2D eigenvalue weighted by atomic mass is 9.89. The van der Waals surface area contributed by atoms with E-state index in [0.717, 1.165) is 38.9 Å². The molecule has 0 radical (unpaired) electrons. The van der Waals surface area contributed by atoms with Gasteiger partial charge in [0.2, 0.25) is 0 Å². The number of esters is 1. The summed E-state index contributed by atoms with van der Waals surface area (Å²) in [6.07, 6.45) is -0.654. The number of hydrogen-bond donors (Lipinski definition) is 3. The standard InChI is InChI=1S/C46H51N3O6/c1-31-42(29-49(3)32(2)36-16-9-6-10-17-36)54-45(55-43(31)37-23-21-34(30-50)22-24-37)40-20-12-19-39(27-40)38-18-11-15-35(25-38)28-47-46(52)48-41(44(51)53-4)26-33-13-7-5-8-14-33/h5-25,27,31-32,41-43,45,50H,26,28-30H2,1-4H3,(H2,47,48,52)/t31-,32-,41-,42+,43+,45+/m0/s1. The minimum Gasteiger partial charge on any atom is -0.467 e. The van der Waals surface area contributed by atoms with Crippen molar-refractivity contribution in [3.63, 3.8) is 0 Å².